The van der Waals surface area contributed by atoms with Gasteiger partial charge in [-0.25, -0.2) is 0 Å². The summed E-state index contributed by atoms with van der Waals surface area (Å²) in [5, 5.41) is 10.9. The first-order valence-corrected chi connectivity index (χ1v) is 7.49. The van der Waals surface area contributed by atoms with Crippen LogP contribution in [0.5, 0.6) is 0 Å². The van der Waals surface area contributed by atoms with E-state index >= 15 is 0 Å². The largest absolute Gasteiger partial charge is 0.385 e. The van der Waals surface area contributed by atoms with Gasteiger partial charge in [0.05, 0.1) is 5.60 Å². The number of benzene rings is 1. The number of aliphatic hydroxyl groups is 1. The second kappa shape index (κ2) is 5.88. The van der Waals surface area contributed by atoms with Gasteiger partial charge in [-0.15, -0.1) is 0 Å². The van der Waals surface area contributed by atoms with Crippen molar-refractivity contribution in [3.8, 4) is 0 Å². The molecule has 0 spiro atoms. The van der Waals surface area contributed by atoms with Crippen molar-refractivity contribution < 1.29 is 5.11 Å². The minimum absolute atomic E-state index is 0.566. The molecule has 100 valence electrons. The first kappa shape index (κ1) is 13.6. The molecule has 1 saturated carbocycles. The van der Waals surface area contributed by atoms with Crippen LogP contribution in [0.3, 0.4) is 0 Å². The SMILES string of the molecule is CCCc1ccc(C2(O)CCCC(CC)C2)cc1. The number of rotatable bonds is 4. The Kier molecular flexibility index (Phi) is 4.45. The Morgan fingerprint density at radius 3 is 2.56 bits per heavy atom. The molecule has 2 unspecified atom stereocenters. The molecule has 1 aromatic rings. The molecule has 1 aliphatic rings. The lowest BCUT2D eigenvalue weighted by atomic mass is 9.73. The predicted octanol–water partition coefficient (Wildman–Crippen LogP) is 4.43. The lowest BCUT2D eigenvalue weighted by molar-refractivity contribution is -0.0217. The highest BCUT2D eigenvalue weighted by molar-refractivity contribution is 5.27. The van der Waals surface area contributed by atoms with Crippen LogP contribution in [0.25, 0.3) is 0 Å². The van der Waals surface area contributed by atoms with Crippen LogP contribution in [0.15, 0.2) is 24.3 Å². The zero-order valence-electron chi connectivity index (χ0n) is 11.8. The Morgan fingerprint density at radius 2 is 1.94 bits per heavy atom. The van der Waals surface area contributed by atoms with Gasteiger partial charge in [0.2, 0.25) is 0 Å². The maximum absolute atomic E-state index is 10.9. The molecule has 2 atom stereocenters. The van der Waals surface area contributed by atoms with Crippen LogP contribution in [0.1, 0.15) is 63.5 Å². The average molecular weight is 246 g/mol. The summed E-state index contributed by atoms with van der Waals surface area (Å²) in [5.41, 5.74) is 1.94. The van der Waals surface area contributed by atoms with Crippen LogP contribution in [0.4, 0.5) is 0 Å². The molecule has 1 heteroatoms. The van der Waals surface area contributed by atoms with E-state index < -0.39 is 5.60 Å². The van der Waals surface area contributed by atoms with Gasteiger partial charge in [0.15, 0.2) is 0 Å². The minimum atomic E-state index is -0.566. The first-order chi connectivity index (χ1) is 8.68. The molecule has 1 nitrogen and oxygen atoms in total. The van der Waals surface area contributed by atoms with E-state index in [0.717, 1.165) is 31.2 Å². The van der Waals surface area contributed by atoms with Crippen LogP contribution >= 0.6 is 0 Å². The fourth-order valence-corrected chi connectivity index (χ4v) is 3.25. The minimum Gasteiger partial charge on any atom is -0.385 e. The van der Waals surface area contributed by atoms with Crippen molar-refractivity contribution in [2.75, 3.05) is 0 Å². The fraction of sp³-hybridized carbons (Fsp3) is 0.647. The molecule has 0 aromatic heterocycles. The van der Waals surface area contributed by atoms with Crippen molar-refractivity contribution in [2.45, 2.75) is 64.4 Å². The topological polar surface area (TPSA) is 20.2 Å². The summed E-state index contributed by atoms with van der Waals surface area (Å²) in [7, 11) is 0. The average Bonchev–Trinajstić information content (AvgIpc) is 2.40. The van der Waals surface area contributed by atoms with Gasteiger partial charge in [0, 0.05) is 0 Å². The smallest absolute Gasteiger partial charge is 0.0899 e. The fourth-order valence-electron chi connectivity index (χ4n) is 3.25. The first-order valence-electron chi connectivity index (χ1n) is 7.49. The molecule has 2 rings (SSSR count). The second-order valence-corrected chi connectivity index (χ2v) is 5.85. The van der Waals surface area contributed by atoms with E-state index in [-0.39, 0.29) is 0 Å². The Hall–Kier alpha value is -0.820. The summed E-state index contributed by atoms with van der Waals surface area (Å²) in [6.45, 7) is 4.44. The van der Waals surface area contributed by atoms with Gasteiger partial charge in [0.25, 0.3) is 0 Å². The molecular weight excluding hydrogens is 220 g/mol. The van der Waals surface area contributed by atoms with Crippen molar-refractivity contribution in [1.82, 2.24) is 0 Å². The molecule has 0 radical (unpaired) electrons. The normalized spacial score (nSPS) is 28.3. The van der Waals surface area contributed by atoms with E-state index in [1.165, 1.54) is 24.8 Å². The van der Waals surface area contributed by atoms with E-state index in [2.05, 4.69) is 38.1 Å². The summed E-state index contributed by atoms with van der Waals surface area (Å²) in [4.78, 5) is 0. The second-order valence-electron chi connectivity index (χ2n) is 5.85. The number of hydrogen-bond acceptors (Lipinski definition) is 1. The molecule has 0 saturated heterocycles. The van der Waals surface area contributed by atoms with E-state index in [1.54, 1.807) is 0 Å². The maximum Gasteiger partial charge on any atom is 0.0899 e. The van der Waals surface area contributed by atoms with Gasteiger partial charge in [-0.1, -0.05) is 57.4 Å². The van der Waals surface area contributed by atoms with Crippen molar-refractivity contribution in [3.63, 3.8) is 0 Å². The van der Waals surface area contributed by atoms with Crippen LogP contribution in [-0.4, -0.2) is 5.11 Å². The zero-order chi connectivity index (χ0) is 13.0. The van der Waals surface area contributed by atoms with Gasteiger partial charge in [-0.3, -0.25) is 0 Å². The van der Waals surface area contributed by atoms with Crippen molar-refractivity contribution in [3.05, 3.63) is 35.4 Å². The summed E-state index contributed by atoms with van der Waals surface area (Å²) in [6, 6.07) is 8.66. The molecule has 1 aliphatic carbocycles. The third-order valence-electron chi connectivity index (χ3n) is 4.44. The van der Waals surface area contributed by atoms with Crippen LogP contribution in [-0.2, 0) is 12.0 Å². The maximum atomic E-state index is 10.9. The zero-order valence-corrected chi connectivity index (χ0v) is 11.8. The van der Waals surface area contributed by atoms with Crippen LogP contribution in [0, 0.1) is 5.92 Å². The summed E-state index contributed by atoms with van der Waals surface area (Å²) in [6.07, 6.45) is 7.82. The van der Waals surface area contributed by atoms with Crippen molar-refractivity contribution in [2.24, 2.45) is 5.92 Å². The number of aryl methyl sites for hydroxylation is 1. The third kappa shape index (κ3) is 2.95. The highest BCUT2D eigenvalue weighted by Crippen LogP contribution is 2.41. The highest BCUT2D eigenvalue weighted by atomic mass is 16.3. The lowest BCUT2D eigenvalue weighted by Gasteiger charge is -2.37. The van der Waals surface area contributed by atoms with E-state index in [1.807, 2.05) is 0 Å². The molecule has 18 heavy (non-hydrogen) atoms. The Bertz CT molecular complexity index is 368. The Labute approximate surface area is 111 Å². The predicted molar refractivity (Wildman–Crippen MR) is 76.6 cm³/mol. The number of hydrogen-bond donors (Lipinski definition) is 1. The van der Waals surface area contributed by atoms with E-state index in [9.17, 15) is 5.11 Å². The van der Waals surface area contributed by atoms with Crippen molar-refractivity contribution in [1.29, 1.82) is 0 Å². The van der Waals surface area contributed by atoms with Gasteiger partial charge in [-0.2, -0.15) is 0 Å². The van der Waals surface area contributed by atoms with Gasteiger partial charge < -0.3 is 5.11 Å². The van der Waals surface area contributed by atoms with E-state index in [0.29, 0.717) is 5.92 Å². The summed E-state index contributed by atoms with van der Waals surface area (Å²) < 4.78 is 0. The summed E-state index contributed by atoms with van der Waals surface area (Å²) >= 11 is 0. The highest BCUT2D eigenvalue weighted by Gasteiger charge is 2.34. The molecular formula is C17H26O. The van der Waals surface area contributed by atoms with Gasteiger partial charge in [0.1, 0.15) is 0 Å². The van der Waals surface area contributed by atoms with E-state index in [4.69, 9.17) is 0 Å². The lowest BCUT2D eigenvalue weighted by Crippen LogP contribution is -2.32. The third-order valence-corrected chi connectivity index (χ3v) is 4.44. The molecule has 0 aliphatic heterocycles. The molecule has 1 fully saturated rings. The molecule has 1 aromatic carbocycles. The quantitative estimate of drug-likeness (QED) is 0.833. The summed E-state index contributed by atoms with van der Waals surface area (Å²) in [5.74, 6) is 0.694. The standard InChI is InChI=1S/C17H26O/c1-3-6-15-8-10-16(11-9-15)17(18)12-5-7-14(4-2)13-17/h8-11,14,18H,3-7,12-13H2,1-2H3. The molecule has 0 heterocycles. The van der Waals surface area contributed by atoms with Gasteiger partial charge in [-0.05, 0) is 42.7 Å². The molecule has 0 bridgehead atoms. The molecule has 0 amide bonds. The molecule has 1 N–H and O–H groups in total. The Morgan fingerprint density at radius 1 is 1.22 bits per heavy atom. The van der Waals surface area contributed by atoms with Gasteiger partial charge >= 0.3 is 0 Å². The van der Waals surface area contributed by atoms with Crippen molar-refractivity contribution >= 4 is 0 Å². The van der Waals surface area contributed by atoms with Crippen LogP contribution < -0.4 is 0 Å². The Balaban J connectivity index is 2.13. The monoisotopic (exact) mass is 246 g/mol. The van der Waals surface area contributed by atoms with Crippen LogP contribution in [0.2, 0.25) is 0 Å².